The van der Waals surface area contributed by atoms with E-state index in [0.717, 1.165) is 0 Å². The van der Waals surface area contributed by atoms with Crippen LogP contribution in [0.2, 0.25) is 0 Å². The first-order valence-electron chi connectivity index (χ1n) is 7.34. The van der Waals surface area contributed by atoms with E-state index in [2.05, 4.69) is 20.0 Å². The van der Waals surface area contributed by atoms with Gasteiger partial charge in [-0.1, -0.05) is 18.2 Å². The summed E-state index contributed by atoms with van der Waals surface area (Å²) in [5, 5.41) is 3.17. The van der Waals surface area contributed by atoms with Crippen molar-refractivity contribution in [3.63, 3.8) is 0 Å². The number of aromatic nitrogens is 2. The standard InChI is InChI=1S/C16H16N4O4S/c1-24-10-18-16(21)13-9-11-5-4-6-12(15(11)19-13)20-25(22,23)14-7-2-3-8-17-14/h2-9,19-20H,10H2,1H3,(H,18,21). The van der Waals surface area contributed by atoms with Gasteiger partial charge >= 0.3 is 0 Å². The van der Waals surface area contributed by atoms with E-state index in [9.17, 15) is 13.2 Å². The Morgan fingerprint density at radius 3 is 2.80 bits per heavy atom. The zero-order valence-corrected chi connectivity index (χ0v) is 14.1. The summed E-state index contributed by atoms with van der Waals surface area (Å²) < 4.78 is 32.2. The van der Waals surface area contributed by atoms with E-state index >= 15 is 0 Å². The Hall–Kier alpha value is -2.91. The number of hydrogen-bond donors (Lipinski definition) is 3. The van der Waals surface area contributed by atoms with Crippen molar-refractivity contribution in [1.29, 1.82) is 0 Å². The van der Waals surface area contributed by atoms with Gasteiger partial charge in [0.1, 0.15) is 12.4 Å². The number of pyridine rings is 1. The summed E-state index contributed by atoms with van der Waals surface area (Å²) in [5.41, 5.74) is 1.13. The highest BCUT2D eigenvalue weighted by Gasteiger charge is 2.18. The number of methoxy groups -OCH3 is 1. The third kappa shape index (κ3) is 3.62. The summed E-state index contributed by atoms with van der Waals surface area (Å²) >= 11 is 0. The number of hydrogen-bond acceptors (Lipinski definition) is 5. The van der Waals surface area contributed by atoms with Crippen molar-refractivity contribution in [2.24, 2.45) is 0 Å². The molecule has 2 heterocycles. The molecular formula is C16H16N4O4S. The third-order valence-corrected chi connectivity index (χ3v) is 4.72. The van der Waals surface area contributed by atoms with Crippen LogP contribution < -0.4 is 10.0 Å². The number of nitrogens with zero attached hydrogens (tertiary/aromatic N) is 1. The molecule has 130 valence electrons. The van der Waals surface area contributed by atoms with Crippen molar-refractivity contribution in [2.75, 3.05) is 18.6 Å². The van der Waals surface area contributed by atoms with E-state index in [1.54, 1.807) is 36.4 Å². The number of carbonyl (C=O) groups is 1. The molecule has 0 atom stereocenters. The van der Waals surface area contributed by atoms with E-state index in [1.165, 1.54) is 19.4 Å². The molecule has 0 saturated heterocycles. The van der Waals surface area contributed by atoms with Gasteiger partial charge in [-0.05, 0) is 24.3 Å². The summed E-state index contributed by atoms with van der Waals surface area (Å²) in [4.78, 5) is 18.8. The average Bonchev–Trinajstić information content (AvgIpc) is 3.06. The van der Waals surface area contributed by atoms with E-state index in [4.69, 9.17) is 4.74 Å². The van der Waals surface area contributed by atoms with Gasteiger partial charge in [0.05, 0.1) is 11.2 Å². The van der Waals surface area contributed by atoms with Crippen molar-refractivity contribution >= 4 is 32.5 Å². The highest BCUT2D eigenvalue weighted by atomic mass is 32.2. The van der Waals surface area contributed by atoms with Crippen LogP contribution in [-0.2, 0) is 14.8 Å². The SMILES string of the molecule is COCNC(=O)c1cc2cccc(NS(=O)(=O)c3ccccn3)c2[nH]1. The first kappa shape index (κ1) is 16.9. The van der Waals surface area contributed by atoms with Gasteiger partial charge in [-0.3, -0.25) is 9.52 Å². The Bertz CT molecular complexity index is 999. The maximum Gasteiger partial charge on any atom is 0.279 e. The number of fused-ring (bicyclic) bond motifs is 1. The summed E-state index contributed by atoms with van der Waals surface area (Å²) in [6.45, 7) is 0.0767. The van der Waals surface area contributed by atoms with Gasteiger partial charge in [0.15, 0.2) is 5.03 Å². The fourth-order valence-corrected chi connectivity index (χ4v) is 3.32. The molecule has 0 aliphatic carbocycles. The van der Waals surface area contributed by atoms with Gasteiger partial charge in [-0.2, -0.15) is 8.42 Å². The summed E-state index contributed by atoms with van der Waals surface area (Å²) in [6, 6.07) is 11.3. The Balaban J connectivity index is 1.95. The van der Waals surface area contributed by atoms with Crippen molar-refractivity contribution in [1.82, 2.24) is 15.3 Å². The van der Waals surface area contributed by atoms with Crippen LogP contribution in [0.25, 0.3) is 10.9 Å². The van der Waals surface area contributed by atoms with Crippen LogP contribution in [-0.4, -0.2) is 38.1 Å². The molecule has 0 radical (unpaired) electrons. The normalized spacial score (nSPS) is 11.4. The zero-order valence-electron chi connectivity index (χ0n) is 13.3. The minimum Gasteiger partial charge on any atom is -0.364 e. The second-order valence-corrected chi connectivity index (χ2v) is 6.79. The van der Waals surface area contributed by atoms with Gasteiger partial charge in [-0.25, -0.2) is 4.98 Å². The maximum absolute atomic E-state index is 12.4. The lowest BCUT2D eigenvalue weighted by atomic mass is 10.2. The molecular weight excluding hydrogens is 344 g/mol. The lowest BCUT2D eigenvalue weighted by Gasteiger charge is -2.08. The second kappa shape index (κ2) is 6.91. The first-order valence-corrected chi connectivity index (χ1v) is 8.82. The number of para-hydroxylation sites is 1. The number of ether oxygens (including phenoxy) is 1. The molecule has 0 aliphatic rings. The topological polar surface area (TPSA) is 113 Å². The minimum absolute atomic E-state index is 0.0767. The number of H-pyrrole nitrogens is 1. The molecule has 0 aliphatic heterocycles. The Morgan fingerprint density at radius 2 is 2.08 bits per heavy atom. The number of amides is 1. The smallest absolute Gasteiger partial charge is 0.279 e. The molecule has 0 bridgehead atoms. The largest absolute Gasteiger partial charge is 0.364 e. The number of aromatic amines is 1. The second-order valence-electron chi connectivity index (χ2n) is 5.17. The summed E-state index contributed by atoms with van der Waals surface area (Å²) in [6.07, 6.45) is 1.40. The van der Waals surface area contributed by atoms with Crippen LogP contribution in [0.5, 0.6) is 0 Å². The monoisotopic (exact) mass is 360 g/mol. The van der Waals surface area contributed by atoms with Gasteiger partial charge < -0.3 is 15.0 Å². The van der Waals surface area contributed by atoms with E-state index in [1.807, 2.05) is 0 Å². The van der Waals surface area contributed by atoms with E-state index in [0.29, 0.717) is 22.3 Å². The number of carbonyl (C=O) groups excluding carboxylic acids is 1. The van der Waals surface area contributed by atoms with Gasteiger partial charge in [0, 0.05) is 18.7 Å². The average molecular weight is 360 g/mol. The molecule has 0 unspecified atom stereocenters. The molecule has 1 aromatic carbocycles. The van der Waals surface area contributed by atoms with Crippen molar-refractivity contribution in [2.45, 2.75) is 5.03 Å². The van der Waals surface area contributed by atoms with Crippen LogP contribution in [0.3, 0.4) is 0 Å². The van der Waals surface area contributed by atoms with Crippen LogP contribution in [0, 0.1) is 0 Å². The molecule has 3 rings (SSSR count). The van der Waals surface area contributed by atoms with Crippen molar-refractivity contribution < 1.29 is 17.9 Å². The van der Waals surface area contributed by atoms with Gasteiger partial charge in [0.2, 0.25) is 0 Å². The first-order chi connectivity index (χ1) is 12.0. The summed E-state index contributed by atoms with van der Waals surface area (Å²) in [7, 11) is -2.36. The Morgan fingerprint density at radius 1 is 1.24 bits per heavy atom. The molecule has 9 heteroatoms. The van der Waals surface area contributed by atoms with Crippen LogP contribution in [0.1, 0.15) is 10.5 Å². The molecule has 3 aromatic rings. The Kier molecular flexibility index (Phi) is 4.68. The fourth-order valence-electron chi connectivity index (χ4n) is 2.30. The van der Waals surface area contributed by atoms with Crippen molar-refractivity contribution in [3.05, 3.63) is 54.4 Å². The number of anilines is 1. The highest BCUT2D eigenvalue weighted by molar-refractivity contribution is 7.92. The maximum atomic E-state index is 12.4. The number of nitrogens with one attached hydrogen (secondary N) is 3. The molecule has 25 heavy (non-hydrogen) atoms. The lowest BCUT2D eigenvalue weighted by molar-refractivity contribution is 0.0868. The summed E-state index contributed by atoms with van der Waals surface area (Å²) in [5.74, 6) is -0.350. The van der Waals surface area contributed by atoms with Crippen LogP contribution in [0.15, 0.2) is 53.7 Å². The molecule has 0 spiro atoms. The molecule has 0 saturated carbocycles. The van der Waals surface area contributed by atoms with Gasteiger partial charge in [0.25, 0.3) is 15.9 Å². The number of rotatable bonds is 6. The number of benzene rings is 1. The zero-order chi connectivity index (χ0) is 17.9. The lowest BCUT2D eigenvalue weighted by Crippen LogP contribution is -2.25. The molecule has 3 N–H and O–H groups in total. The predicted molar refractivity (Wildman–Crippen MR) is 92.7 cm³/mol. The molecule has 8 nitrogen and oxygen atoms in total. The quantitative estimate of drug-likeness (QED) is 0.579. The molecule has 2 aromatic heterocycles. The molecule has 1 amide bonds. The van der Waals surface area contributed by atoms with Crippen LogP contribution >= 0.6 is 0 Å². The third-order valence-electron chi connectivity index (χ3n) is 3.44. The molecule has 0 fully saturated rings. The van der Waals surface area contributed by atoms with Crippen molar-refractivity contribution in [3.8, 4) is 0 Å². The Labute approximate surface area is 144 Å². The highest BCUT2D eigenvalue weighted by Crippen LogP contribution is 2.25. The fraction of sp³-hybridized carbons (Fsp3) is 0.125. The van der Waals surface area contributed by atoms with E-state index in [-0.39, 0.29) is 17.7 Å². The van der Waals surface area contributed by atoms with Gasteiger partial charge in [-0.15, -0.1) is 0 Å². The number of sulfonamides is 1. The predicted octanol–water partition coefficient (Wildman–Crippen LogP) is 1.70. The minimum atomic E-state index is -3.83. The van der Waals surface area contributed by atoms with E-state index < -0.39 is 10.0 Å². The van der Waals surface area contributed by atoms with Crippen LogP contribution in [0.4, 0.5) is 5.69 Å².